The second-order valence-electron chi connectivity index (χ2n) is 10.4. The zero-order chi connectivity index (χ0) is 25.6. The number of nitrogens with zero attached hydrogens (tertiary/aromatic N) is 3. The Bertz CT molecular complexity index is 1270. The highest BCUT2D eigenvalue weighted by molar-refractivity contribution is 7.11. The molecule has 190 valence electrons. The number of piperidine rings is 1. The molecular formula is C25H28FN4O5S+. The van der Waals surface area contributed by atoms with Crippen molar-refractivity contribution in [1.29, 1.82) is 0 Å². The summed E-state index contributed by atoms with van der Waals surface area (Å²) in [5, 5.41) is 3.05. The summed E-state index contributed by atoms with van der Waals surface area (Å²) in [6, 6.07) is 2.27. The summed E-state index contributed by atoms with van der Waals surface area (Å²) in [6.45, 7) is 4.24. The minimum atomic E-state index is -0.822. The lowest BCUT2D eigenvalue weighted by molar-refractivity contribution is -0.603. The molecule has 0 bridgehead atoms. The van der Waals surface area contributed by atoms with Gasteiger partial charge in [0.25, 0.3) is 12.6 Å². The zero-order valence-electron chi connectivity index (χ0n) is 20.3. The van der Waals surface area contributed by atoms with Crippen LogP contribution in [0.4, 0.5) is 4.39 Å². The summed E-state index contributed by atoms with van der Waals surface area (Å²) in [6.07, 6.45) is 3.36. The number of aryl methyl sites for hydroxylation is 1. The molecule has 3 heterocycles. The number of hydrogen-bond donors (Lipinski definition) is 1. The molecule has 1 N–H and O–H groups in total. The van der Waals surface area contributed by atoms with Crippen molar-refractivity contribution in [2.75, 3.05) is 6.73 Å². The first-order valence-corrected chi connectivity index (χ1v) is 12.8. The molecule has 1 aliphatic carbocycles. The van der Waals surface area contributed by atoms with Crippen molar-refractivity contribution >= 4 is 29.1 Å². The summed E-state index contributed by atoms with van der Waals surface area (Å²) >= 11 is 1.62. The van der Waals surface area contributed by atoms with E-state index < -0.39 is 23.7 Å². The third-order valence-electron chi connectivity index (χ3n) is 7.02. The standard InChI is InChI=1S/C25H27FN4O5S/c1-25(2)8-7-16-18(9-25)36-20(27-16)12-35-13-29(34)10-15-4-3-14-11-30(24(33)21(14)22(15)26)17-5-6-19(31)28-23(17)32/h3-4,17H,5-13H2,1-2H3/p+1. The van der Waals surface area contributed by atoms with Crippen molar-refractivity contribution in [1.82, 2.24) is 15.2 Å². The maximum Gasteiger partial charge on any atom is 0.296 e. The first kappa shape index (κ1) is 24.6. The fourth-order valence-electron chi connectivity index (χ4n) is 5.06. The number of carbonyl (C=O) groups excluding carboxylic acids is 3. The van der Waals surface area contributed by atoms with Crippen molar-refractivity contribution < 1.29 is 28.3 Å². The number of hydrogen-bond acceptors (Lipinski definition) is 7. The first-order valence-electron chi connectivity index (χ1n) is 12.0. The topological polar surface area (TPSA) is 109 Å². The van der Waals surface area contributed by atoms with Crippen LogP contribution in [0.25, 0.3) is 0 Å². The molecule has 36 heavy (non-hydrogen) atoms. The summed E-state index contributed by atoms with van der Waals surface area (Å²) in [5.41, 5.74) is 1.80. The highest BCUT2D eigenvalue weighted by atomic mass is 32.1. The third kappa shape index (κ3) is 4.81. The van der Waals surface area contributed by atoms with Gasteiger partial charge in [-0.15, -0.1) is 11.3 Å². The Labute approximate surface area is 211 Å². The first-order chi connectivity index (χ1) is 17.1. The van der Waals surface area contributed by atoms with E-state index in [4.69, 9.17) is 4.74 Å². The van der Waals surface area contributed by atoms with Crippen molar-refractivity contribution in [2.45, 2.75) is 71.7 Å². The number of carbonyl (C=O) groups is 3. The van der Waals surface area contributed by atoms with Gasteiger partial charge in [-0.25, -0.2) is 9.37 Å². The number of thiazole rings is 1. The van der Waals surface area contributed by atoms with Crippen LogP contribution in [-0.4, -0.2) is 45.1 Å². The van der Waals surface area contributed by atoms with Crippen LogP contribution < -0.4 is 5.32 Å². The highest BCUT2D eigenvalue weighted by Crippen LogP contribution is 2.37. The van der Waals surface area contributed by atoms with Crippen LogP contribution in [0.5, 0.6) is 0 Å². The molecule has 0 spiro atoms. The predicted molar refractivity (Wildman–Crippen MR) is 127 cm³/mol. The molecule has 11 heteroatoms. The van der Waals surface area contributed by atoms with Gasteiger partial charge in [-0.3, -0.25) is 19.7 Å². The second-order valence-corrected chi connectivity index (χ2v) is 11.6. The van der Waals surface area contributed by atoms with E-state index in [0.717, 1.165) is 30.0 Å². The molecule has 3 aliphatic rings. The highest BCUT2D eigenvalue weighted by Gasteiger charge is 2.41. The van der Waals surface area contributed by atoms with Crippen molar-refractivity contribution in [3.63, 3.8) is 0 Å². The number of aromatic nitrogens is 1. The Balaban J connectivity index is 1.18. The lowest BCUT2D eigenvalue weighted by atomic mass is 9.79. The van der Waals surface area contributed by atoms with Gasteiger partial charge in [0, 0.05) is 27.5 Å². The fourth-order valence-corrected chi connectivity index (χ4v) is 6.37. The van der Waals surface area contributed by atoms with Gasteiger partial charge < -0.3 is 9.64 Å². The molecule has 1 aromatic heterocycles. The Morgan fingerprint density at radius 2 is 2.08 bits per heavy atom. The van der Waals surface area contributed by atoms with Crippen molar-refractivity contribution in [2.24, 2.45) is 5.41 Å². The minimum absolute atomic E-state index is 0.0802. The van der Waals surface area contributed by atoms with Gasteiger partial charge >= 0.3 is 0 Å². The van der Waals surface area contributed by atoms with Crippen LogP contribution in [0.3, 0.4) is 0 Å². The van der Waals surface area contributed by atoms with E-state index in [-0.39, 0.29) is 61.7 Å². The lowest BCUT2D eigenvalue weighted by Gasteiger charge is -2.29. The number of fused-ring (bicyclic) bond motifs is 2. The summed E-state index contributed by atoms with van der Waals surface area (Å²) in [4.78, 5) is 56.2. The number of benzene rings is 1. The maximum absolute atomic E-state index is 15.2. The van der Waals surface area contributed by atoms with Crippen LogP contribution in [0.2, 0.25) is 0 Å². The lowest BCUT2D eigenvalue weighted by Crippen LogP contribution is -2.52. The van der Waals surface area contributed by atoms with Crippen LogP contribution in [0.1, 0.15) is 70.2 Å². The molecule has 1 atom stereocenters. The molecule has 0 saturated carbocycles. The number of amides is 3. The number of halogens is 1. The van der Waals surface area contributed by atoms with Crippen molar-refractivity contribution in [3.8, 4) is 0 Å². The third-order valence-corrected chi connectivity index (χ3v) is 8.09. The van der Waals surface area contributed by atoms with Crippen LogP contribution >= 0.6 is 11.3 Å². The summed E-state index contributed by atoms with van der Waals surface area (Å²) in [5.74, 6) is -2.31. The monoisotopic (exact) mass is 515 g/mol. The number of ether oxygens (including phenoxy) is 1. The molecule has 1 fully saturated rings. The molecule has 1 unspecified atom stereocenters. The normalized spacial score (nSPS) is 20.8. The van der Waals surface area contributed by atoms with Crippen LogP contribution in [0, 0.1) is 16.1 Å². The smallest absolute Gasteiger partial charge is 0.296 e. The van der Waals surface area contributed by atoms with Gasteiger partial charge in [-0.05, 0) is 42.7 Å². The van der Waals surface area contributed by atoms with Crippen LogP contribution in [-0.2, 0) is 46.9 Å². The van der Waals surface area contributed by atoms with Gasteiger partial charge in [0.1, 0.15) is 23.5 Å². The molecule has 1 aromatic carbocycles. The van der Waals surface area contributed by atoms with Gasteiger partial charge in [-0.2, -0.15) is 0 Å². The van der Waals surface area contributed by atoms with E-state index >= 15 is 4.39 Å². The molecule has 9 nitrogen and oxygen atoms in total. The van der Waals surface area contributed by atoms with E-state index in [1.165, 1.54) is 15.8 Å². The summed E-state index contributed by atoms with van der Waals surface area (Å²) in [7, 11) is 0. The molecule has 2 aromatic rings. The SMILES string of the molecule is CC1(C)CCc2nc(COC[N+](=O)Cc3ccc4c(c3F)C(=O)N(C3CCC(=O)NC3=O)C4)sc2C1. The Morgan fingerprint density at radius 3 is 2.86 bits per heavy atom. The molecule has 0 radical (unpaired) electrons. The maximum atomic E-state index is 15.2. The number of nitroso groups, excluding NO2 is 1. The van der Waals surface area contributed by atoms with Gasteiger partial charge in [0.05, 0.1) is 16.8 Å². The minimum Gasteiger partial charge on any atom is -0.322 e. The van der Waals surface area contributed by atoms with Gasteiger partial charge in [-0.1, -0.05) is 19.9 Å². The number of imide groups is 1. The molecular weight excluding hydrogens is 487 g/mol. The van der Waals surface area contributed by atoms with Crippen LogP contribution in [0.15, 0.2) is 12.1 Å². The van der Waals surface area contributed by atoms with E-state index in [0.29, 0.717) is 10.3 Å². The van der Waals surface area contributed by atoms with E-state index in [2.05, 4.69) is 24.1 Å². The molecule has 5 rings (SSSR count). The average Bonchev–Trinajstić information content (AvgIpc) is 3.35. The number of nitrogens with one attached hydrogen (secondary N) is 1. The Kier molecular flexibility index (Phi) is 6.46. The fraction of sp³-hybridized carbons (Fsp3) is 0.520. The van der Waals surface area contributed by atoms with E-state index in [9.17, 15) is 19.3 Å². The predicted octanol–water partition coefficient (Wildman–Crippen LogP) is 3.01. The molecule has 3 amide bonds. The Morgan fingerprint density at radius 1 is 1.28 bits per heavy atom. The Hall–Kier alpha value is -3.05. The van der Waals surface area contributed by atoms with E-state index in [1.54, 1.807) is 17.4 Å². The largest absolute Gasteiger partial charge is 0.322 e. The van der Waals surface area contributed by atoms with E-state index in [1.807, 2.05) is 0 Å². The van der Waals surface area contributed by atoms with Crippen molar-refractivity contribution in [3.05, 3.63) is 55.1 Å². The second kappa shape index (κ2) is 9.44. The summed E-state index contributed by atoms with van der Waals surface area (Å²) < 4.78 is 21.4. The molecule has 1 saturated heterocycles. The van der Waals surface area contributed by atoms with Gasteiger partial charge in [0.15, 0.2) is 0 Å². The molecule has 2 aliphatic heterocycles. The quantitative estimate of drug-likeness (QED) is 0.345. The number of rotatable bonds is 7. The zero-order valence-corrected chi connectivity index (χ0v) is 21.1. The van der Waals surface area contributed by atoms with Gasteiger partial charge in [0.2, 0.25) is 18.4 Å². The average molecular weight is 516 g/mol.